The van der Waals surface area contributed by atoms with Crippen molar-refractivity contribution in [2.75, 3.05) is 0 Å². The zero-order valence-electron chi connectivity index (χ0n) is 33.5. The molecule has 5 nitrogen and oxygen atoms in total. The molecule has 12 aromatic rings. The van der Waals surface area contributed by atoms with Gasteiger partial charge in [0.15, 0.2) is 17.5 Å². The predicted octanol–water partition coefficient (Wildman–Crippen LogP) is 14.9. The Kier molecular flexibility index (Phi) is 8.42. The lowest BCUT2D eigenvalue weighted by atomic mass is 9.92. The van der Waals surface area contributed by atoms with Crippen molar-refractivity contribution in [1.29, 1.82) is 0 Å². The van der Waals surface area contributed by atoms with E-state index in [-0.39, 0.29) is 0 Å². The zero-order chi connectivity index (χ0) is 41.0. The van der Waals surface area contributed by atoms with Crippen molar-refractivity contribution in [2.45, 2.75) is 0 Å². The van der Waals surface area contributed by atoms with Gasteiger partial charge in [0, 0.05) is 49.4 Å². The van der Waals surface area contributed by atoms with Gasteiger partial charge in [-0.3, -0.25) is 0 Å². The second-order valence-corrected chi connectivity index (χ2v) is 15.6. The number of hydrogen-bond donors (Lipinski definition) is 0. The van der Waals surface area contributed by atoms with Crippen LogP contribution in [0.4, 0.5) is 0 Å². The summed E-state index contributed by atoms with van der Waals surface area (Å²) in [5, 5.41) is 4.46. The molecule has 0 aliphatic rings. The summed E-state index contributed by atoms with van der Waals surface area (Å²) < 4.78 is 8.66. The van der Waals surface area contributed by atoms with Crippen molar-refractivity contribution in [3.8, 4) is 73.2 Å². The highest BCUT2D eigenvalue weighted by molar-refractivity contribution is 6.12. The van der Waals surface area contributed by atoms with Crippen LogP contribution in [0.25, 0.3) is 117 Å². The molecule has 12 rings (SSSR count). The Morgan fingerprint density at radius 1 is 0.290 bits per heavy atom. The first-order valence-corrected chi connectivity index (χ1v) is 20.8. The lowest BCUT2D eigenvalue weighted by Crippen LogP contribution is -2.04. The van der Waals surface area contributed by atoms with E-state index in [2.05, 4.69) is 174 Å². The van der Waals surface area contributed by atoms with Gasteiger partial charge in [0.25, 0.3) is 0 Å². The number of hydrogen-bond acceptors (Lipinski definition) is 4. The molecule has 0 saturated carbocycles. The SMILES string of the molecule is c1ccc(-c2ccc3c(c2)c2ccccc2n3-c2c(-c3ccccc3)cc(-c3nc(-c4ccccc4)nc(-c4ccc5oc6ccccc6c5c4)n3)cc2-c2ccccc2)cc1. The Morgan fingerprint density at radius 2 is 0.758 bits per heavy atom. The van der Waals surface area contributed by atoms with E-state index in [4.69, 9.17) is 19.4 Å². The van der Waals surface area contributed by atoms with Crippen LogP contribution in [0.1, 0.15) is 0 Å². The second-order valence-electron chi connectivity index (χ2n) is 15.6. The first-order valence-electron chi connectivity index (χ1n) is 20.8. The van der Waals surface area contributed by atoms with Crippen molar-refractivity contribution in [3.05, 3.63) is 218 Å². The van der Waals surface area contributed by atoms with Gasteiger partial charge in [0.05, 0.1) is 16.7 Å². The van der Waals surface area contributed by atoms with Crippen LogP contribution in [0, 0.1) is 0 Å². The molecular weight excluding hydrogens is 757 g/mol. The molecule has 0 aliphatic carbocycles. The second kappa shape index (κ2) is 14.7. The maximum atomic E-state index is 6.21. The molecule has 0 saturated heterocycles. The number of rotatable bonds is 7. The minimum absolute atomic E-state index is 0.585. The molecule has 0 radical (unpaired) electrons. The first kappa shape index (κ1) is 35.5. The summed E-state index contributed by atoms with van der Waals surface area (Å²) in [5.41, 5.74) is 14.4. The fourth-order valence-corrected chi connectivity index (χ4v) is 8.92. The molecule has 9 aromatic carbocycles. The van der Waals surface area contributed by atoms with Gasteiger partial charge in [-0.1, -0.05) is 164 Å². The topological polar surface area (TPSA) is 56.7 Å². The molecule has 0 amide bonds. The van der Waals surface area contributed by atoms with Crippen molar-refractivity contribution in [3.63, 3.8) is 0 Å². The molecule has 0 fully saturated rings. The number of nitrogens with zero attached hydrogens (tertiary/aromatic N) is 4. The monoisotopic (exact) mass is 792 g/mol. The van der Waals surface area contributed by atoms with Crippen molar-refractivity contribution in [1.82, 2.24) is 19.5 Å². The van der Waals surface area contributed by atoms with Crippen LogP contribution in [0.5, 0.6) is 0 Å². The standard InChI is InChI=1S/C57H36N4O/c1-5-17-37(18-6-1)41-29-31-51-48(33-41)44-25-13-15-27-50(44)61(51)54-46(38-19-7-2-8-20-38)35-43(36-47(54)39-21-9-3-10-22-39)57-59-55(40-23-11-4-12-24-40)58-56(60-57)42-30-32-53-49(34-42)45-26-14-16-28-52(45)62-53/h1-36H. The summed E-state index contributed by atoms with van der Waals surface area (Å²) in [7, 11) is 0. The van der Waals surface area contributed by atoms with Crippen LogP contribution >= 0.6 is 0 Å². The Hall–Kier alpha value is -8.41. The van der Waals surface area contributed by atoms with Gasteiger partial charge in [0.2, 0.25) is 0 Å². The van der Waals surface area contributed by atoms with E-state index >= 15 is 0 Å². The number of furan rings is 1. The molecule has 62 heavy (non-hydrogen) atoms. The minimum Gasteiger partial charge on any atom is -0.456 e. The lowest BCUT2D eigenvalue weighted by molar-refractivity contribution is 0.669. The van der Waals surface area contributed by atoms with Gasteiger partial charge >= 0.3 is 0 Å². The molecule has 0 unspecified atom stereocenters. The Bertz CT molecular complexity index is 3550. The van der Waals surface area contributed by atoms with Gasteiger partial charge in [-0.15, -0.1) is 0 Å². The van der Waals surface area contributed by atoms with E-state index in [0.29, 0.717) is 17.5 Å². The van der Waals surface area contributed by atoms with Crippen LogP contribution in [0.15, 0.2) is 223 Å². The summed E-state index contributed by atoms with van der Waals surface area (Å²) in [6.45, 7) is 0. The summed E-state index contributed by atoms with van der Waals surface area (Å²) in [4.78, 5) is 15.7. The van der Waals surface area contributed by atoms with E-state index in [1.54, 1.807) is 0 Å². The molecular formula is C57H36N4O. The Labute approximate surface area is 357 Å². The maximum absolute atomic E-state index is 6.21. The van der Waals surface area contributed by atoms with Gasteiger partial charge in [0.1, 0.15) is 11.2 Å². The van der Waals surface area contributed by atoms with E-state index < -0.39 is 0 Å². The summed E-state index contributed by atoms with van der Waals surface area (Å²) >= 11 is 0. The van der Waals surface area contributed by atoms with Crippen LogP contribution in [0.3, 0.4) is 0 Å². The highest BCUT2D eigenvalue weighted by Crippen LogP contribution is 2.44. The van der Waals surface area contributed by atoms with Crippen LogP contribution in [0.2, 0.25) is 0 Å². The molecule has 3 aromatic heterocycles. The molecule has 0 aliphatic heterocycles. The lowest BCUT2D eigenvalue weighted by Gasteiger charge is -2.21. The maximum Gasteiger partial charge on any atom is 0.164 e. The van der Waals surface area contributed by atoms with Crippen LogP contribution in [-0.2, 0) is 0 Å². The third kappa shape index (κ3) is 6.06. The fourth-order valence-electron chi connectivity index (χ4n) is 8.92. The largest absolute Gasteiger partial charge is 0.456 e. The van der Waals surface area contributed by atoms with E-state index in [0.717, 1.165) is 77.6 Å². The smallest absolute Gasteiger partial charge is 0.164 e. The van der Waals surface area contributed by atoms with Crippen LogP contribution in [-0.4, -0.2) is 19.5 Å². The number of fused-ring (bicyclic) bond motifs is 6. The van der Waals surface area contributed by atoms with Gasteiger partial charge in [-0.05, 0) is 76.9 Å². The summed E-state index contributed by atoms with van der Waals surface area (Å²) in [5.74, 6) is 1.77. The highest BCUT2D eigenvalue weighted by atomic mass is 16.3. The average molecular weight is 793 g/mol. The van der Waals surface area contributed by atoms with Crippen molar-refractivity contribution >= 4 is 43.7 Å². The predicted molar refractivity (Wildman–Crippen MR) is 254 cm³/mol. The molecule has 0 atom stereocenters. The number of benzene rings is 9. The highest BCUT2D eigenvalue weighted by Gasteiger charge is 2.23. The van der Waals surface area contributed by atoms with E-state index in [1.165, 1.54) is 21.9 Å². The molecule has 0 N–H and O–H groups in total. The van der Waals surface area contributed by atoms with E-state index in [1.807, 2.05) is 48.5 Å². The fraction of sp³-hybridized carbons (Fsp3) is 0. The van der Waals surface area contributed by atoms with Gasteiger partial charge in [-0.25, -0.2) is 15.0 Å². The van der Waals surface area contributed by atoms with E-state index in [9.17, 15) is 0 Å². The third-order valence-electron chi connectivity index (χ3n) is 11.8. The van der Waals surface area contributed by atoms with Crippen molar-refractivity contribution in [2.24, 2.45) is 0 Å². The molecule has 0 spiro atoms. The van der Waals surface area contributed by atoms with Crippen LogP contribution < -0.4 is 0 Å². The molecule has 5 heteroatoms. The zero-order valence-corrected chi connectivity index (χ0v) is 33.5. The normalized spacial score (nSPS) is 11.5. The molecule has 3 heterocycles. The first-order chi connectivity index (χ1) is 30.7. The number of para-hydroxylation sites is 2. The molecule has 0 bridgehead atoms. The minimum atomic E-state index is 0.585. The Morgan fingerprint density at radius 3 is 1.42 bits per heavy atom. The van der Waals surface area contributed by atoms with Gasteiger partial charge < -0.3 is 8.98 Å². The quantitative estimate of drug-likeness (QED) is 0.161. The average Bonchev–Trinajstić information content (AvgIpc) is 3.89. The summed E-state index contributed by atoms with van der Waals surface area (Å²) in [6, 6.07) is 76.5. The number of aromatic nitrogens is 4. The van der Waals surface area contributed by atoms with Crippen molar-refractivity contribution < 1.29 is 4.42 Å². The Balaban J connectivity index is 1.15. The third-order valence-corrected chi connectivity index (χ3v) is 11.8. The summed E-state index contributed by atoms with van der Waals surface area (Å²) in [6.07, 6.45) is 0. The molecule has 290 valence electrons. The van der Waals surface area contributed by atoms with Gasteiger partial charge in [-0.2, -0.15) is 0 Å².